The molecule has 2 aliphatic rings. The molecule has 10 nitrogen and oxygen atoms in total. The Morgan fingerprint density at radius 3 is 2.37 bits per heavy atom. The molecular weight excluding hydrogens is 406 g/mol. The zero-order chi connectivity index (χ0) is 21.3. The number of hydrogen-bond donors (Lipinski definition) is 0. The maximum atomic E-state index is 13.3. The van der Waals surface area contributed by atoms with Crippen LogP contribution in [0.1, 0.15) is 18.3 Å². The molecule has 2 fully saturated rings. The van der Waals surface area contributed by atoms with Crippen LogP contribution in [0.4, 0.5) is 11.5 Å². The number of anilines is 2. The summed E-state index contributed by atoms with van der Waals surface area (Å²) in [6, 6.07) is 2.03. The normalized spacial score (nSPS) is 18.8. The highest BCUT2D eigenvalue weighted by Gasteiger charge is 2.33. The molecule has 2 saturated heterocycles. The van der Waals surface area contributed by atoms with Crippen LogP contribution >= 0.6 is 0 Å². The molecule has 30 heavy (non-hydrogen) atoms. The summed E-state index contributed by atoms with van der Waals surface area (Å²) in [7, 11) is -3.58. The number of rotatable bonds is 5. The fraction of sp³-hybridized carbons (Fsp3) is 0.632. The maximum Gasteiger partial charge on any atom is 0.246 e. The quantitative estimate of drug-likeness (QED) is 0.676. The van der Waals surface area contributed by atoms with E-state index < -0.39 is 10.0 Å². The van der Waals surface area contributed by atoms with Gasteiger partial charge in [-0.3, -0.25) is 4.68 Å². The van der Waals surface area contributed by atoms with Crippen LogP contribution in [0.3, 0.4) is 0 Å². The minimum atomic E-state index is -3.58. The monoisotopic (exact) mass is 435 g/mol. The predicted molar refractivity (Wildman–Crippen MR) is 113 cm³/mol. The van der Waals surface area contributed by atoms with E-state index in [1.54, 1.807) is 22.1 Å². The summed E-state index contributed by atoms with van der Waals surface area (Å²) in [5.41, 5.74) is 2.28. The Morgan fingerprint density at radius 2 is 1.73 bits per heavy atom. The van der Waals surface area contributed by atoms with Crippen LogP contribution in [0, 0.1) is 13.8 Å². The second-order valence-electron chi connectivity index (χ2n) is 7.58. The fourth-order valence-electron chi connectivity index (χ4n) is 4.14. The van der Waals surface area contributed by atoms with Crippen molar-refractivity contribution in [3.8, 4) is 0 Å². The van der Waals surface area contributed by atoms with Gasteiger partial charge in [-0.2, -0.15) is 14.5 Å². The van der Waals surface area contributed by atoms with E-state index in [9.17, 15) is 8.42 Å². The average Bonchev–Trinajstić information content (AvgIpc) is 3.08. The molecule has 164 valence electrons. The third-order valence-electron chi connectivity index (χ3n) is 5.78. The van der Waals surface area contributed by atoms with Gasteiger partial charge in [0.2, 0.25) is 10.0 Å². The number of aryl methyl sites for hydroxylation is 2. The lowest BCUT2D eigenvalue weighted by atomic mass is 10.3. The third kappa shape index (κ3) is 3.88. The van der Waals surface area contributed by atoms with Crippen molar-refractivity contribution in [3.63, 3.8) is 0 Å². The molecule has 0 aliphatic carbocycles. The molecule has 0 spiro atoms. The summed E-state index contributed by atoms with van der Waals surface area (Å²) in [6.07, 6.45) is 1.77. The van der Waals surface area contributed by atoms with E-state index >= 15 is 0 Å². The Bertz CT molecular complexity index is 994. The average molecular weight is 436 g/mol. The summed E-state index contributed by atoms with van der Waals surface area (Å²) in [5, 5.41) is 12.8. The largest absolute Gasteiger partial charge is 0.378 e. The Hall–Kier alpha value is -2.24. The topological polar surface area (TPSA) is 96.7 Å². The smallest absolute Gasteiger partial charge is 0.246 e. The highest BCUT2D eigenvalue weighted by molar-refractivity contribution is 7.89. The van der Waals surface area contributed by atoms with Crippen molar-refractivity contribution in [1.29, 1.82) is 0 Å². The van der Waals surface area contributed by atoms with E-state index in [4.69, 9.17) is 4.74 Å². The lowest BCUT2D eigenvalue weighted by Crippen LogP contribution is -2.49. The van der Waals surface area contributed by atoms with Gasteiger partial charge in [0.05, 0.1) is 36.5 Å². The standard InChI is InChI=1S/C19H29N7O3S/c1-4-26-16(3)19(15(2)22-26)30(27,28)25-7-5-24(6-8-25)18-13-17(14-20-21-18)23-9-11-29-12-10-23/h13-14H,4-12H2,1-3H3. The lowest BCUT2D eigenvalue weighted by molar-refractivity contribution is 0.122. The van der Waals surface area contributed by atoms with Crippen LogP contribution in [0.15, 0.2) is 17.2 Å². The molecule has 11 heteroatoms. The Balaban J connectivity index is 1.47. The minimum absolute atomic E-state index is 0.340. The van der Waals surface area contributed by atoms with Crippen LogP contribution in [-0.4, -0.2) is 85.2 Å². The molecule has 0 radical (unpaired) electrons. The zero-order valence-electron chi connectivity index (χ0n) is 17.8. The first-order chi connectivity index (χ1) is 14.4. The number of ether oxygens (including phenoxy) is 1. The van der Waals surface area contributed by atoms with E-state index in [1.807, 2.05) is 19.9 Å². The highest BCUT2D eigenvalue weighted by Crippen LogP contribution is 2.26. The molecule has 0 aromatic carbocycles. The van der Waals surface area contributed by atoms with Crippen LogP contribution in [0.25, 0.3) is 0 Å². The SMILES string of the molecule is CCn1nc(C)c(S(=O)(=O)N2CCN(c3cc(N4CCOCC4)cnn3)CC2)c1C. The van der Waals surface area contributed by atoms with Crippen molar-refractivity contribution < 1.29 is 13.2 Å². The number of nitrogens with zero attached hydrogens (tertiary/aromatic N) is 7. The van der Waals surface area contributed by atoms with E-state index in [0.717, 1.165) is 24.6 Å². The Labute approximate surface area is 177 Å². The van der Waals surface area contributed by atoms with Crippen LogP contribution in [0.2, 0.25) is 0 Å². The van der Waals surface area contributed by atoms with Gasteiger partial charge in [0.25, 0.3) is 0 Å². The fourth-order valence-corrected chi connectivity index (χ4v) is 5.94. The van der Waals surface area contributed by atoms with Crippen LogP contribution in [-0.2, 0) is 21.3 Å². The molecule has 0 amide bonds. The van der Waals surface area contributed by atoms with Crippen molar-refractivity contribution >= 4 is 21.5 Å². The molecule has 4 heterocycles. The minimum Gasteiger partial charge on any atom is -0.378 e. The van der Waals surface area contributed by atoms with Crippen molar-refractivity contribution in [1.82, 2.24) is 24.3 Å². The Morgan fingerprint density at radius 1 is 1.03 bits per heavy atom. The van der Waals surface area contributed by atoms with Gasteiger partial charge in [-0.15, -0.1) is 5.10 Å². The molecule has 2 aromatic rings. The number of morpholine rings is 1. The lowest BCUT2D eigenvalue weighted by Gasteiger charge is -2.35. The van der Waals surface area contributed by atoms with Gasteiger partial charge in [-0.1, -0.05) is 0 Å². The molecule has 2 aliphatic heterocycles. The van der Waals surface area contributed by atoms with Crippen molar-refractivity contribution in [3.05, 3.63) is 23.7 Å². The van der Waals surface area contributed by atoms with Gasteiger partial charge >= 0.3 is 0 Å². The molecule has 0 unspecified atom stereocenters. The molecule has 4 rings (SSSR count). The summed E-state index contributed by atoms with van der Waals surface area (Å²) >= 11 is 0. The van der Waals surface area contributed by atoms with E-state index in [1.165, 1.54) is 0 Å². The number of piperazine rings is 1. The Kier molecular flexibility index (Phi) is 5.94. The van der Waals surface area contributed by atoms with E-state index in [0.29, 0.717) is 62.2 Å². The number of sulfonamides is 1. The number of aromatic nitrogens is 4. The zero-order valence-corrected chi connectivity index (χ0v) is 18.6. The van der Waals surface area contributed by atoms with Gasteiger partial charge in [0, 0.05) is 51.9 Å². The molecule has 0 bridgehead atoms. The van der Waals surface area contributed by atoms with Gasteiger partial charge in [0.1, 0.15) is 4.90 Å². The number of hydrogen-bond acceptors (Lipinski definition) is 8. The predicted octanol–water partition coefficient (Wildman–Crippen LogP) is 0.657. The van der Waals surface area contributed by atoms with Gasteiger partial charge < -0.3 is 14.5 Å². The van der Waals surface area contributed by atoms with E-state index in [-0.39, 0.29) is 0 Å². The summed E-state index contributed by atoms with van der Waals surface area (Å²) < 4.78 is 35.3. The molecule has 0 atom stereocenters. The van der Waals surface area contributed by atoms with Gasteiger partial charge in [-0.25, -0.2) is 8.42 Å². The molecular formula is C19H29N7O3S. The van der Waals surface area contributed by atoms with Gasteiger partial charge in [0.15, 0.2) is 5.82 Å². The van der Waals surface area contributed by atoms with Crippen molar-refractivity contribution in [2.75, 3.05) is 62.3 Å². The molecule has 2 aromatic heterocycles. The van der Waals surface area contributed by atoms with Crippen molar-refractivity contribution in [2.24, 2.45) is 0 Å². The van der Waals surface area contributed by atoms with Gasteiger partial charge in [-0.05, 0) is 20.8 Å². The second-order valence-corrected chi connectivity index (χ2v) is 9.45. The van der Waals surface area contributed by atoms with Crippen LogP contribution < -0.4 is 9.80 Å². The van der Waals surface area contributed by atoms with Crippen LogP contribution in [0.5, 0.6) is 0 Å². The summed E-state index contributed by atoms with van der Waals surface area (Å²) in [5.74, 6) is 0.780. The summed E-state index contributed by atoms with van der Waals surface area (Å²) in [4.78, 5) is 4.67. The van der Waals surface area contributed by atoms with E-state index in [2.05, 4.69) is 25.1 Å². The third-order valence-corrected chi connectivity index (χ3v) is 7.93. The molecule has 0 saturated carbocycles. The second kappa shape index (κ2) is 8.48. The highest BCUT2D eigenvalue weighted by atomic mass is 32.2. The van der Waals surface area contributed by atoms with Crippen molar-refractivity contribution in [2.45, 2.75) is 32.2 Å². The first kappa shape index (κ1) is 21.0. The maximum absolute atomic E-state index is 13.3. The summed E-state index contributed by atoms with van der Waals surface area (Å²) in [6.45, 7) is 11.2. The first-order valence-electron chi connectivity index (χ1n) is 10.4. The first-order valence-corrected chi connectivity index (χ1v) is 11.8. The molecule has 0 N–H and O–H groups in total.